The molecule has 0 aliphatic carbocycles. The van der Waals surface area contributed by atoms with Crippen LogP contribution in [0.25, 0.3) is 0 Å². The molecule has 7 nitrogen and oxygen atoms in total. The molecule has 2 heterocycles. The summed E-state index contributed by atoms with van der Waals surface area (Å²) >= 11 is 1.48. The normalized spacial score (nSPS) is 12.0. The lowest BCUT2D eigenvalue weighted by Crippen LogP contribution is -2.20. The van der Waals surface area contributed by atoms with Gasteiger partial charge in [0, 0.05) is 35.2 Å². The SMILES string of the molecule is Cc1nc(SCc2ccccc2)[nH]c(=O)c1CCC(=O)Nc1ccc2c(c1)OCO2. The fraction of sp³-hybridized carbons (Fsp3) is 0.227. The number of hydrogen-bond acceptors (Lipinski definition) is 6. The van der Waals surface area contributed by atoms with Crippen LogP contribution in [0.4, 0.5) is 5.69 Å². The standard InChI is InChI=1S/C22H21N3O4S/c1-14-17(21(27)25-22(23-14)30-12-15-5-3-2-4-6-15)8-10-20(26)24-16-7-9-18-19(11-16)29-13-28-18/h2-7,9,11H,8,10,12-13H2,1H3,(H,24,26)(H,23,25,27). The van der Waals surface area contributed by atoms with Crippen molar-refractivity contribution in [1.29, 1.82) is 0 Å². The van der Waals surface area contributed by atoms with Crippen molar-refractivity contribution >= 4 is 23.4 Å². The quantitative estimate of drug-likeness (QED) is 0.445. The van der Waals surface area contributed by atoms with Crippen LogP contribution < -0.4 is 20.3 Å². The Morgan fingerprint density at radius 1 is 1.17 bits per heavy atom. The lowest BCUT2D eigenvalue weighted by molar-refractivity contribution is -0.116. The van der Waals surface area contributed by atoms with E-state index in [4.69, 9.17) is 9.47 Å². The number of nitrogens with zero attached hydrogens (tertiary/aromatic N) is 1. The number of fused-ring (bicyclic) bond motifs is 1. The Morgan fingerprint density at radius 3 is 2.77 bits per heavy atom. The number of benzene rings is 2. The zero-order valence-electron chi connectivity index (χ0n) is 16.4. The number of H-pyrrole nitrogens is 1. The number of nitrogens with one attached hydrogen (secondary N) is 2. The Balaban J connectivity index is 1.35. The number of hydrogen-bond donors (Lipinski definition) is 2. The average molecular weight is 423 g/mol. The number of carbonyl (C=O) groups excluding carboxylic acids is 1. The molecule has 154 valence electrons. The monoisotopic (exact) mass is 423 g/mol. The Kier molecular flexibility index (Phi) is 6.04. The lowest BCUT2D eigenvalue weighted by Gasteiger charge is -2.08. The summed E-state index contributed by atoms with van der Waals surface area (Å²) in [4.78, 5) is 32.1. The van der Waals surface area contributed by atoms with E-state index < -0.39 is 0 Å². The molecule has 0 unspecified atom stereocenters. The molecule has 0 saturated carbocycles. The second-order valence-corrected chi connectivity index (χ2v) is 7.79. The molecular formula is C22H21N3O4S. The van der Waals surface area contributed by atoms with Gasteiger partial charge in [0.1, 0.15) is 0 Å². The number of anilines is 1. The summed E-state index contributed by atoms with van der Waals surface area (Å²) in [6.07, 6.45) is 0.491. The lowest BCUT2D eigenvalue weighted by atomic mass is 10.1. The van der Waals surface area contributed by atoms with Gasteiger partial charge in [-0.25, -0.2) is 4.98 Å². The number of carbonyl (C=O) groups is 1. The first-order valence-corrected chi connectivity index (χ1v) is 10.5. The molecule has 2 N–H and O–H groups in total. The van der Waals surface area contributed by atoms with Gasteiger partial charge in [0.2, 0.25) is 12.7 Å². The van der Waals surface area contributed by atoms with Gasteiger partial charge in [0.25, 0.3) is 5.56 Å². The molecule has 1 aliphatic rings. The Morgan fingerprint density at radius 2 is 1.97 bits per heavy atom. The van der Waals surface area contributed by atoms with Crippen molar-refractivity contribution in [3.63, 3.8) is 0 Å². The van der Waals surface area contributed by atoms with Crippen molar-refractivity contribution in [2.45, 2.75) is 30.7 Å². The van der Waals surface area contributed by atoms with E-state index in [9.17, 15) is 9.59 Å². The molecular weight excluding hydrogens is 402 g/mol. The molecule has 1 aliphatic heterocycles. The van der Waals surface area contributed by atoms with Crippen molar-refractivity contribution in [3.05, 3.63) is 75.7 Å². The molecule has 1 aromatic heterocycles. The van der Waals surface area contributed by atoms with Crippen molar-refractivity contribution in [2.75, 3.05) is 12.1 Å². The highest BCUT2D eigenvalue weighted by Crippen LogP contribution is 2.34. The zero-order valence-corrected chi connectivity index (χ0v) is 17.3. The van der Waals surface area contributed by atoms with Crippen molar-refractivity contribution in [1.82, 2.24) is 9.97 Å². The number of rotatable bonds is 7. The molecule has 1 amide bonds. The molecule has 0 fully saturated rings. The van der Waals surface area contributed by atoms with E-state index >= 15 is 0 Å². The number of aromatic amines is 1. The summed E-state index contributed by atoms with van der Waals surface area (Å²) < 4.78 is 10.6. The summed E-state index contributed by atoms with van der Waals surface area (Å²) in [5, 5.41) is 3.40. The second-order valence-electron chi connectivity index (χ2n) is 6.83. The maximum absolute atomic E-state index is 12.5. The Hall–Kier alpha value is -3.26. The molecule has 8 heteroatoms. The van der Waals surface area contributed by atoms with Gasteiger partial charge in [-0.15, -0.1) is 0 Å². The largest absolute Gasteiger partial charge is 0.454 e. The Labute approximate surface area is 177 Å². The molecule has 0 saturated heterocycles. The van der Waals surface area contributed by atoms with Gasteiger partial charge in [-0.05, 0) is 31.0 Å². The van der Waals surface area contributed by atoms with Crippen LogP contribution in [0.1, 0.15) is 23.2 Å². The third-order valence-corrected chi connectivity index (χ3v) is 5.62. The van der Waals surface area contributed by atoms with Crippen LogP contribution in [0.3, 0.4) is 0 Å². The van der Waals surface area contributed by atoms with Crippen LogP contribution in [0.15, 0.2) is 58.5 Å². The molecule has 0 spiro atoms. The van der Waals surface area contributed by atoms with E-state index in [1.165, 1.54) is 11.8 Å². The first-order chi connectivity index (χ1) is 14.6. The molecule has 2 aromatic carbocycles. The predicted molar refractivity (Wildman–Crippen MR) is 115 cm³/mol. The van der Waals surface area contributed by atoms with Crippen molar-refractivity contribution in [2.24, 2.45) is 0 Å². The summed E-state index contributed by atoms with van der Waals surface area (Å²) in [6.45, 7) is 1.98. The van der Waals surface area contributed by atoms with E-state index in [0.29, 0.717) is 40.0 Å². The minimum absolute atomic E-state index is 0.177. The van der Waals surface area contributed by atoms with Crippen molar-refractivity contribution in [3.8, 4) is 11.5 Å². The van der Waals surface area contributed by atoms with Crippen LogP contribution in [-0.4, -0.2) is 22.7 Å². The third kappa shape index (κ3) is 4.83. The molecule has 0 atom stereocenters. The highest BCUT2D eigenvalue weighted by molar-refractivity contribution is 7.98. The number of amides is 1. The topological polar surface area (TPSA) is 93.3 Å². The Bertz CT molecular complexity index is 1120. The number of thioether (sulfide) groups is 1. The van der Waals surface area contributed by atoms with Gasteiger partial charge in [-0.1, -0.05) is 42.1 Å². The summed E-state index contributed by atoms with van der Waals surface area (Å²) in [6, 6.07) is 15.2. The van der Waals surface area contributed by atoms with E-state index in [2.05, 4.69) is 15.3 Å². The third-order valence-electron chi connectivity index (χ3n) is 4.68. The van der Waals surface area contributed by atoms with Crippen LogP contribution in [0.2, 0.25) is 0 Å². The average Bonchev–Trinajstić information content (AvgIpc) is 3.20. The molecule has 30 heavy (non-hydrogen) atoms. The van der Waals surface area contributed by atoms with Crippen LogP contribution in [-0.2, 0) is 17.0 Å². The van der Waals surface area contributed by atoms with Gasteiger partial charge in [-0.2, -0.15) is 0 Å². The molecule has 0 bridgehead atoms. The summed E-state index contributed by atoms with van der Waals surface area (Å²) in [5.41, 5.74) is 2.76. The maximum Gasteiger partial charge on any atom is 0.254 e. The fourth-order valence-electron chi connectivity index (χ4n) is 3.11. The number of ether oxygens (including phenoxy) is 2. The number of aryl methyl sites for hydroxylation is 1. The van der Waals surface area contributed by atoms with Crippen LogP contribution >= 0.6 is 11.8 Å². The van der Waals surface area contributed by atoms with Crippen LogP contribution in [0.5, 0.6) is 11.5 Å². The van der Waals surface area contributed by atoms with Gasteiger partial charge in [0.15, 0.2) is 16.7 Å². The number of aromatic nitrogens is 2. The first kappa shape index (κ1) is 20.0. The summed E-state index contributed by atoms with van der Waals surface area (Å²) in [7, 11) is 0. The zero-order chi connectivity index (χ0) is 20.9. The predicted octanol–water partition coefficient (Wildman–Crippen LogP) is 3.67. The molecule has 0 radical (unpaired) electrons. The molecule has 4 rings (SSSR count). The highest BCUT2D eigenvalue weighted by atomic mass is 32.2. The van der Waals surface area contributed by atoms with Gasteiger partial charge >= 0.3 is 0 Å². The van der Waals surface area contributed by atoms with E-state index in [1.807, 2.05) is 30.3 Å². The minimum Gasteiger partial charge on any atom is -0.454 e. The van der Waals surface area contributed by atoms with E-state index in [1.54, 1.807) is 25.1 Å². The van der Waals surface area contributed by atoms with Gasteiger partial charge < -0.3 is 19.8 Å². The first-order valence-electron chi connectivity index (χ1n) is 9.54. The minimum atomic E-state index is -0.200. The summed E-state index contributed by atoms with van der Waals surface area (Å²) in [5.74, 6) is 1.80. The maximum atomic E-state index is 12.5. The fourth-order valence-corrected chi connectivity index (χ4v) is 3.97. The van der Waals surface area contributed by atoms with Gasteiger partial charge in [0.05, 0.1) is 0 Å². The second kappa shape index (κ2) is 9.04. The molecule has 3 aromatic rings. The highest BCUT2D eigenvalue weighted by Gasteiger charge is 2.15. The van der Waals surface area contributed by atoms with Crippen LogP contribution in [0, 0.1) is 6.92 Å². The van der Waals surface area contributed by atoms with Crippen molar-refractivity contribution < 1.29 is 14.3 Å². The van der Waals surface area contributed by atoms with E-state index in [-0.39, 0.29) is 24.7 Å². The van der Waals surface area contributed by atoms with Gasteiger partial charge in [-0.3, -0.25) is 9.59 Å². The smallest absolute Gasteiger partial charge is 0.254 e. The van der Waals surface area contributed by atoms with E-state index in [0.717, 1.165) is 11.3 Å².